The Balaban J connectivity index is 1.94. The third-order valence-electron chi connectivity index (χ3n) is 3.77. The molecule has 1 amide bonds. The molecule has 0 atom stereocenters. The van der Waals surface area contributed by atoms with Crippen molar-refractivity contribution < 1.29 is 13.9 Å². The molecule has 1 N–H and O–H groups in total. The Morgan fingerprint density at radius 3 is 2.42 bits per heavy atom. The monoisotopic (exact) mass is 323 g/mol. The molecule has 0 unspecified atom stereocenters. The molecule has 24 heavy (non-hydrogen) atoms. The molecule has 0 saturated heterocycles. The molecule has 3 rings (SSSR count). The van der Waals surface area contributed by atoms with Crippen LogP contribution in [0.2, 0.25) is 0 Å². The number of ether oxygens (including phenoxy) is 1. The number of hydrogen-bond acceptors (Lipinski definition) is 2. The van der Waals surface area contributed by atoms with Crippen molar-refractivity contribution in [1.29, 1.82) is 0 Å². The zero-order chi connectivity index (χ0) is 16.9. The Hall–Kier alpha value is -2.88. The average molecular weight is 323 g/mol. The lowest BCUT2D eigenvalue weighted by molar-refractivity contribution is 0.102. The maximum absolute atomic E-state index is 12.6. The largest absolute Gasteiger partial charge is 0.490 e. The van der Waals surface area contributed by atoms with E-state index in [0.717, 1.165) is 22.0 Å². The number of fused-ring (bicyclic) bond motifs is 1. The van der Waals surface area contributed by atoms with Crippen molar-refractivity contribution in [2.75, 3.05) is 18.6 Å². The predicted octanol–water partition coefficient (Wildman–Crippen LogP) is 4.75. The van der Waals surface area contributed by atoms with E-state index < -0.39 is 6.67 Å². The summed E-state index contributed by atoms with van der Waals surface area (Å²) in [5, 5.41) is 4.47. The van der Waals surface area contributed by atoms with E-state index in [1.54, 1.807) is 12.1 Å². The van der Waals surface area contributed by atoms with Crippen LogP contribution >= 0.6 is 0 Å². The second kappa shape index (κ2) is 7.13. The average Bonchev–Trinajstić information content (AvgIpc) is 2.61. The van der Waals surface area contributed by atoms with Gasteiger partial charge in [-0.3, -0.25) is 4.79 Å². The van der Waals surface area contributed by atoms with Gasteiger partial charge in [-0.1, -0.05) is 42.0 Å². The fraction of sp³-hybridized carbons (Fsp3) is 0.150. The Morgan fingerprint density at radius 2 is 1.71 bits per heavy atom. The first-order valence-corrected chi connectivity index (χ1v) is 7.77. The summed E-state index contributed by atoms with van der Waals surface area (Å²) in [4.78, 5) is 12.6. The predicted molar refractivity (Wildman–Crippen MR) is 94.6 cm³/mol. The number of hydrogen-bond donors (Lipinski definition) is 1. The number of amides is 1. The van der Waals surface area contributed by atoms with Crippen molar-refractivity contribution in [3.8, 4) is 5.75 Å². The normalized spacial score (nSPS) is 10.6. The van der Waals surface area contributed by atoms with Crippen LogP contribution in [0, 0.1) is 6.92 Å². The van der Waals surface area contributed by atoms with E-state index in [4.69, 9.17) is 4.74 Å². The summed E-state index contributed by atoms with van der Waals surface area (Å²) in [6.45, 7) is 1.44. The van der Waals surface area contributed by atoms with Gasteiger partial charge in [-0.25, -0.2) is 4.39 Å². The van der Waals surface area contributed by atoms with Gasteiger partial charge < -0.3 is 10.1 Å². The fourth-order valence-corrected chi connectivity index (χ4v) is 2.58. The maximum atomic E-state index is 12.6. The first-order valence-electron chi connectivity index (χ1n) is 7.77. The number of benzene rings is 3. The quantitative estimate of drug-likeness (QED) is 0.736. The molecule has 0 aromatic heterocycles. The number of rotatable bonds is 5. The molecule has 0 aliphatic carbocycles. The van der Waals surface area contributed by atoms with E-state index >= 15 is 0 Å². The summed E-state index contributed by atoms with van der Waals surface area (Å²) in [7, 11) is 0. The Bertz CT molecular complexity index is 859. The molecule has 4 heteroatoms. The summed E-state index contributed by atoms with van der Waals surface area (Å²) in [6.07, 6.45) is 0. The number of aryl methyl sites for hydroxylation is 1. The van der Waals surface area contributed by atoms with Crippen LogP contribution in [0.5, 0.6) is 5.75 Å². The van der Waals surface area contributed by atoms with Gasteiger partial charge >= 0.3 is 0 Å². The minimum atomic E-state index is -0.552. The van der Waals surface area contributed by atoms with E-state index in [0.29, 0.717) is 11.3 Å². The third kappa shape index (κ3) is 3.38. The Kier molecular flexibility index (Phi) is 4.75. The first-order chi connectivity index (χ1) is 11.7. The number of carbonyl (C=O) groups is 1. The highest BCUT2D eigenvalue weighted by molar-refractivity contribution is 6.13. The topological polar surface area (TPSA) is 38.3 Å². The molecular formula is C20H18FNO2. The van der Waals surface area contributed by atoms with E-state index in [2.05, 4.69) is 5.32 Å². The molecule has 3 aromatic rings. The summed E-state index contributed by atoms with van der Waals surface area (Å²) < 4.78 is 17.8. The highest BCUT2D eigenvalue weighted by Gasteiger charge is 2.13. The summed E-state index contributed by atoms with van der Waals surface area (Å²) in [5.41, 5.74) is 2.43. The molecule has 0 aliphatic rings. The third-order valence-corrected chi connectivity index (χ3v) is 3.77. The van der Waals surface area contributed by atoms with E-state index in [1.807, 2.05) is 55.5 Å². The Labute approximate surface area is 140 Å². The van der Waals surface area contributed by atoms with Gasteiger partial charge in [-0.2, -0.15) is 0 Å². The van der Waals surface area contributed by atoms with Crippen LogP contribution in [0.4, 0.5) is 10.1 Å². The fourth-order valence-electron chi connectivity index (χ4n) is 2.58. The van der Waals surface area contributed by atoms with Gasteiger partial charge in [0.1, 0.15) is 19.0 Å². The van der Waals surface area contributed by atoms with Crippen molar-refractivity contribution in [2.45, 2.75) is 6.92 Å². The highest BCUT2D eigenvalue weighted by Crippen LogP contribution is 2.29. The van der Waals surface area contributed by atoms with Crippen LogP contribution in [0.3, 0.4) is 0 Å². The number of anilines is 1. The van der Waals surface area contributed by atoms with E-state index in [9.17, 15) is 9.18 Å². The van der Waals surface area contributed by atoms with Crippen LogP contribution in [-0.4, -0.2) is 19.2 Å². The van der Waals surface area contributed by atoms with Crippen LogP contribution in [-0.2, 0) is 0 Å². The standard InChI is InChI=1S/C20H18FNO2/c1-14-6-8-15(9-7-14)22-20(23)18-10-11-19(24-13-12-21)17-5-3-2-4-16(17)18/h2-11H,12-13H2,1H3,(H,22,23). The van der Waals surface area contributed by atoms with Gasteiger partial charge in [-0.15, -0.1) is 0 Å². The van der Waals surface area contributed by atoms with Gasteiger partial charge in [0.05, 0.1) is 0 Å². The summed E-state index contributed by atoms with van der Waals surface area (Å²) >= 11 is 0. The van der Waals surface area contributed by atoms with Gasteiger partial charge in [-0.05, 0) is 36.6 Å². The van der Waals surface area contributed by atoms with Crippen LogP contribution < -0.4 is 10.1 Å². The lowest BCUT2D eigenvalue weighted by Crippen LogP contribution is -2.12. The molecule has 0 radical (unpaired) electrons. The van der Waals surface area contributed by atoms with E-state index in [-0.39, 0.29) is 12.5 Å². The number of halogens is 1. The number of nitrogens with one attached hydrogen (secondary N) is 1. The summed E-state index contributed by atoms with van der Waals surface area (Å²) in [5.74, 6) is 0.391. The SMILES string of the molecule is Cc1ccc(NC(=O)c2ccc(OCCF)c3ccccc23)cc1. The lowest BCUT2D eigenvalue weighted by Gasteiger charge is -2.12. The Morgan fingerprint density at radius 1 is 1.00 bits per heavy atom. The van der Waals surface area contributed by atoms with Gasteiger partial charge in [0.25, 0.3) is 5.91 Å². The molecule has 0 saturated carbocycles. The van der Waals surface area contributed by atoms with Crippen LogP contribution in [0.15, 0.2) is 60.7 Å². The molecule has 0 aliphatic heterocycles. The highest BCUT2D eigenvalue weighted by atomic mass is 19.1. The van der Waals surface area contributed by atoms with Crippen molar-refractivity contribution in [1.82, 2.24) is 0 Å². The van der Waals surface area contributed by atoms with E-state index in [1.165, 1.54) is 0 Å². The molecule has 0 fully saturated rings. The molecule has 0 bridgehead atoms. The minimum Gasteiger partial charge on any atom is -0.490 e. The van der Waals surface area contributed by atoms with Crippen molar-refractivity contribution in [2.24, 2.45) is 0 Å². The smallest absolute Gasteiger partial charge is 0.256 e. The van der Waals surface area contributed by atoms with Gasteiger partial charge in [0.15, 0.2) is 0 Å². The maximum Gasteiger partial charge on any atom is 0.256 e. The minimum absolute atomic E-state index is 0.00109. The van der Waals surface area contributed by atoms with Crippen LogP contribution in [0.1, 0.15) is 15.9 Å². The summed E-state index contributed by atoms with van der Waals surface area (Å²) in [6, 6.07) is 18.5. The second-order valence-corrected chi connectivity index (χ2v) is 5.51. The number of alkyl halides is 1. The van der Waals surface area contributed by atoms with Crippen molar-refractivity contribution in [3.05, 3.63) is 71.8 Å². The number of carbonyl (C=O) groups excluding carboxylic acids is 1. The van der Waals surface area contributed by atoms with Crippen molar-refractivity contribution in [3.63, 3.8) is 0 Å². The van der Waals surface area contributed by atoms with Gasteiger partial charge in [0, 0.05) is 16.6 Å². The molecule has 3 aromatic carbocycles. The first kappa shape index (κ1) is 16.0. The second-order valence-electron chi connectivity index (χ2n) is 5.51. The zero-order valence-corrected chi connectivity index (χ0v) is 13.4. The van der Waals surface area contributed by atoms with Gasteiger partial charge in [0.2, 0.25) is 0 Å². The van der Waals surface area contributed by atoms with Crippen LogP contribution in [0.25, 0.3) is 10.8 Å². The molecule has 3 nitrogen and oxygen atoms in total. The molecule has 122 valence electrons. The lowest BCUT2D eigenvalue weighted by atomic mass is 10.0. The zero-order valence-electron chi connectivity index (χ0n) is 13.4. The van der Waals surface area contributed by atoms with Crippen molar-refractivity contribution >= 4 is 22.4 Å². The molecule has 0 spiro atoms. The molecular weight excluding hydrogens is 305 g/mol. The molecule has 0 heterocycles.